The van der Waals surface area contributed by atoms with Crippen LogP contribution in [0.2, 0.25) is 0 Å². The molecule has 0 atom stereocenters. The molecular weight excluding hydrogens is 310 g/mol. The Balaban J connectivity index is 2.52. The van der Waals surface area contributed by atoms with E-state index in [1.807, 2.05) is 13.0 Å². The molecular formula is C13H12BrN3O2. The number of hydrogen-bond donors (Lipinski definition) is 1. The molecule has 2 heterocycles. The Morgan fingerprint density at radius 2 is 2.21 bits per heavy atom. The van der Waals surface area contributed by atoms with Crippen LogP contribution in [0.1, 0.15) is 29.4 Å². The van der Waals surface area contributed by atoms with Crippen molar-refractivity contribution in [2.24, 2.45) is 0 Å². The van der Waals surface area contributed by atoms with E-state index in [1.54, 1.807) is 12.3 Å². The molecule has 2 aromatic heterocycles. The minimum absolute atomic E-state index is 0.151. The SMILES string of the molecule is CCCc1nc(-c2ncccc2Br)ncc1C(=O)O. The first kappa shape index (κ1) is 13.6. The van der Waals surface area contributed by atoms with Gasteiger partial charge in [0.15, 0.2) is 5.82 Å². The number of hydrogen-bond acceptors (Lipinski definition) is 4. The predicted octanol–water partition coefficient (Wildman–Crippen LogP) is 2.95. The van der Waals surface area contributed by atoms with Crippen molar-refractivity contribution in [3.05, 3.63) is 40.3 Å². The number of rotatable bonds is 4. The van der Waals surface area contributed by atoms with E-state index in [4.69, 9.17) is 5.11 Å². The van der Waals surface area contributed by atoms with E-state index in [9.17, 15) is 4.79 Å². The number of pyridine rings is 1. The van der Waals surface area contributed by atoms with Crippen molar-refractivity contribution < 1.29 is 9.90 Å². The summed E-state index contributed by atoms with van der Waals surface area (Å²) in [6.45, 7) is 1.98. The minimum atomic E-state index is -1.00. The van der Waals surface area contributed by atoms with E-state index in [2.05, 4.69) is 30.9 Å². The Bertz CT molecular complexity index is 617. The van der Waals surface area contributed by atoms with Crippen LogP contribution in [0.25, 0.3) is 11.5 Å². The lowest BCUT2D eigenvalue weighted by atomic mass is 10.1. The van der Waals surface area contributed by atoms with Gasteiger partial charge in [-0.3, -0.25) is 4.98 Å². The summed E-state index contributed by atoms with van der Waals surface area (Å²) in [5.41, 5.74) is 1.30. The average Bonchev–Trinajstić information content (AvgIpc) is 2.39. The van der Waals surface area contributed by atoms with Gasteiger partial charge in [-0.15, -0.1) is 0 Å². The van der Waals surface area contributed by atoms with Crippen LogP contribution in [-0.4, -0.2) is 26.0 Å². The second-order valence-electron chi connectivity index (χ2n) is 3.94. The summed E-state index contributed by atoms with van der Waals surface area (Å²) in [5.74, 6) is -0.573. The molecule has 0 aliphatic carbocycles. The number of nitrogens with zero attached hydrogens (tertiary/aromatic N) is 3. The van der Waals surface area contributed by atoms with E-state index in [0.29, 0.717) is 23.6 Å². The quantitative estimate of drug-likeness (QED) is 0.936. The molecule has 5 nitrogen and oxygen atoms in total. The van der Waals surface area contributed by atoms with E-state index in [0.717, 1.165) is 10.9 Å². The lowest BCUT2D eigenvalue weighted by Crippen LogP contribution is -2.08. The monoisotopic (exact) mass is 321 g/mol. The van der Waals surface area contributed by atoms with Gasteiger partial charge in [0.25, 0.3) is 0 Å². The summed E-state index contributed by atoms with van der Waals surface area (Å²) in [6.07, 6.45) is 4.41. The maximum absolute atomic E-state index is 11.1. The molecule has 2 aromatic rings. The zero-order valence-corrected chi connectivity index (χ0v) is 11.9. The van der Waals surface area contributed by atoms with Gasteiger partial charge >= 0.3 is 5.97 Å². The van der Waals surface area contributed by atoms with E-state index in [-0.39, 0.29) is 5.56 Å². The van der Waals surface area contributed by atoms with Gasteiger partial charge in [-0.1, -0.05) is 13.3 Å². The number of carboxylic acids is 1. The number of aromatic carboxylic acids is 1. The van der Waals surface area contributed by atoms with Crippen molar-refractivity contribution in [3.8, 4) is 11.5 Å². The summed E-state index contributed by atoms with van der Waals surface area (Å²) in [6, 6.07) is 3.64. The van der Waals surface area contributed by atoms with Crippen LogP contribution in [0.5, 0.6) is 0 Å². The molecule has 0 radical (unpaired) electrons. The van der Waals surface area contributed by atoms with Crippen molar-refractivity contribution in [2.45, 2.75) is 19.8 Å². The lowest BCUT2D eigenvalue weighted by molar-refractivity contribution is 0.0694. The summed E-state index contributed by atoms with van der Waals surface area (Å²) < 4.78 is 0.778. The number of carbonyl (C=O) groups is 1. The Hall–Kier alpha value is -1.82. The van der Waals surface area contributed by atoms with Gasteiger partial charge in [-0.05, 0) is 34.5 Å². The summed E-state index contributed by atoms with van der Waals surface area (Å²) >= 11 is 3.39. The smallest absolute Gasteiger partial charge is 0.339 e. The van der Waals surface area contributed by atoms with Crippen LogP contribution in [0.4, 0.5) is 0 Å². The number of aryl methyl sites for hydroxylation is 1. The Kier molecular flexibility index (Phi) is 4.21. The van der Waals surface area contributed by atoms with Crippen molar-refractivity contribution in [3.63, 3.8) is 0 Å². The Morgan fingerprint density at radius 3 is 2.84 bits per heavy atom. The highest BCUT2D eigenvalue weighted by molar-refractivity contribution is 9.10. The molecule has 1 N–H and O–H groups in total. The van der Waals surface area contributed by atoms with Crippen LogP contribution >= 0.6 is 15.9 Å². The molecule has 0 unspecified atom stereocenters. The second kappa shape index (κ2) is 5.88. The maximum atomic E-state index is 11.1. The predicted molar refractivity (Wildman–Crippen MR) is 73.9 cm³/mol. The van der Waals surface area contributed by atoms with E-state index >= 15 is 0 Å². The molecule has 0 saturated carbocycles. The maximum Gasteiger partial charge on any atom is 0.339 e. The molecule has 0 aliphatic heterocycles. The van der Waals surface area contributed by atoms with Crippen molar-refractivity contribution in [2.75, 3.05) is 0 Å². The van der Waals surface area contributed by atoms with Crippen LogP contribution in [0.3, 0.4) is 0 Å². The van der Waals surface area contributed by atoms with Crippen molar-refractivity contribution >= 4 is 21.9 Å². The number of aromatic nitrogens is 3. The fraction of sp³-hybridized carbons (Fsp3) is 0.231. The highest BCUT2D eigenvalue weighted by Gasteiger charge is 2.15. The third-order valence-corrected chi connectivity index (χ3v) is 3.20. The highest BCUT2D eigenvalue weighted by Crippen LogP contribution is 2.23. The van der Waals surface area contributed by atoms with Crippen LogP contribution in [0.15, 0.2) is 29.0 Å². The molecule has 0 aromatic carbocycles. The first-order valence-corrected chi connectivity index (χ1v) is 6.63. The molecule has 0 saturated heterocycles. The third kappa shape index (κ3) is 2.96. The Morgan fingerprint density at radius 1 is 1.42 bits per heavy atom. The van der Waals surface area contributed by atoms with Crippen LogP contribution < -0.4 is 0 Å². The van der Waals surface area contributed by atoms with Crippen LogP contribution in [0, 0.1) is 0 Å². The van der Waals surface area contributed by atoms with Crippen molar-refractivity contribution in [1.82, 2.24) is 15.0 Å². The van der Waals surface area contributed by atoms with Crippen molar-refractivity contribution in [1.29, 1.82) is 0 Å². The van der Waals surface area contributed by atoms with Gasteiger partial charge in [-0.25, -0.2) is 14.8 Å². The third-order valence-electron chi connectivity index (χ3n) is 2.56. The van der Waals surface area contributed by atoms with Gasteiger partial charge < -0.3 is 5.11 Å². The van der Waals surface area contributed by atoms with Gasteiger partial charge in [-0.2, -0.15) is 0 Å². The topological polar surface area (TPSA) is 76.0 Å². The number of halogens is 1. The highest BCUT2D eigenvalue weighted by atomic mass is 79.9. The molecule has 2 rings (SSSR count). The summed E-state index contributed by atoms with van der Waals surface area (Å²) in [7, 11) is 0. The second-order valence-corrected chi connectivity index (χ2v) is 4.80. The van der Waals surface area contributed by atoms with E-state index in [1.165, 1.54) is 6.20 Å². The first-order chi connectivity index (χ1) is 9.13. The molecule has 0 bridgehead atoms. The molecule has 0 amide bonds. The average molecular weight is 322 g/mol. The molecule has 19 heavy (non-hydrogen) atoms. The largest absolute Gasteiger partial charge is 0.478 e. The zero-order chi connectivity index (χ0) is 13.8. The van der Waals surface area contributed by atoms with Gasteiger partial charge in [0, 0.05) is 16.9 Å². The fourth-order valence-electron chi connectivity index (χ4n) is 1.69. The molecule has 0 aliphatic rings. The minimum Gasteiger partial charge on any atom is -0.478 e. The standard InChI is InChI=1S/C13H12BrN3O2/c1-2-4-10-8(13(18)19)7-16-12(17-10)11-9(14)5-3-6-15-11/h3,5-7H,2,4H2,1H3,(H,18,19). The van der Waals surface area contributed by atoms with Crippen LogP contribution in [-0.2, 0) is 6.42 Å². The van der Waals surface area contributed by atoms with E-state index < -0.39 is 5.97 Å². The molecule has 6 heteroatoms. The van der Waals surface area contributed by atoms with Gasteiger partial charge in [0.2, 0.25) is 0 Å². The zero-order valence-electron chi connectivity index (χ0n) is 10.3. The number of carboxylic acid groups (broad SMARTS) is 1. The fourth-order valence-corrected chi connectivity index (χ4v) is 2.12. The molecule has 98 valence electrons. The summed E-state index contributed by atoms with van der Waals surface area (Å²) in [4.78, 5) is 23.7. The summed E-state index contributed by atoms with van der Waals surface area (Å²) in [5, 5.41) is 9.10. The normalized spacial score (nSPS) is 10.4. The lowest BCUT2D eigenvalue weighted by Gasteiger charge is -2.07. The molecule has 0 fully saturated rings. The van der Waals surface area contributed by atoms with Gasteiger partial charge in [0.1, 0.15) is 5.69 Å². The van der Waals surface area contributed by atoms with Gasteiger partial charge in [0.05, 0.1) is 11.3 Å². The molecule has 0 spiro atoms. The first-order valence-electron chi connectivity index (χ1n) is 5.83. The Labute approximate surface area is 118 Å².